The Hall–Kier alpha value is -2.57. The number of rotatable bonds is 5. The van der Waals surface area contributed by atoms with Gasteiger partial charge in [-0.3, -0.25) is 0 Å². The lowest BCUT2D eigenvalue weighted by molar-refractivity contribution is 0.0204. The molecule has 0 spiro atoms. The predicted molar refractivity (Wildman–Crippen MR) is 120 cm³/mol. The van der Waals surface area contributed by atoms with Gasteiger partial charge in [0.2, 0.25) is 0 Å². The Kier molecular flexibility index (Phi) is 6.19. The van der Waals surface area contributed by atoms with Crippen molar-refractivity contribution in [2.75, 3.05) is 19.7 Å². The highest BCUT2D eigenvalue weighted by Crippen LogP contribution is 2.38. The lowest BCUT2D eigenvalue weighted by Gasteiger charge is -2.34. The van der Waals surface area contributed by atoms with E-state index in [2.05, 4.69) is 0 Å². The van der Waals surface area contributed by atoms with Crippen LogP contribution in [0.3, 0.4) is 0 Å². The Bertz CT molecular complexity index is 1010. The first kappa shape index (κ1) is 22.6. The number of nitrogens with zero attached hydrogens (tertiary/aromatic N) is 2. The van der Waals surface area contributed by atoms with Crippen LogP contribution in [-0.2, 0) is 16.0 Å². The van der Waals surface area contributed by atoms with Gasteiger partial charge in [-0.1, -0.05) is 0 Å². The normalized spacial score (nSPS) is 17.6. The molecule has 1 saturated heterocycles. The number of esters is 1. The van der Waals surface area contributed by atoms with Crippen molar-refractivity contribution in [1.29, 1.82) is 0 Å². The molecule has 0 unspecified atom stereocenters. The van der Waals surface area contributed by atoms with Gasteiger partial charge in [-0.2, -0.15) is 0 Å². The van der Waals surface area contributed by atoms with E-state index in [0.29, 0.717) is 31.3 Å². The van der Waals surface area contributed by atoms with Crippen molar-refractivity contribution in [2.45, 2.75) is 71.4 Å². The topological polar surface area (TPSA) is 60.8 Å². The molecule has 2 aromatic rings. The van der Waals surface area contributed by atoms with Crippen molar-refractivity contribution in [2.24, 2.45) is 5.92 Å². The fourth-order valence-electron chi connectivity index (χ4n) is 4.54. The minimum Gasteiger partial charge on any atom is -0.461 e. The molecule has 0 N–H and O–H groups in total. The summed E-state index contributed by atoms with van der Waals surface area (Å²) in [5, 5.41) is 0.735. The quantitative estimate of drug-likeness (QED) is 0.573. The van der Waals surface area contributed by atoms with Gasteiger partial charge < -0.3 is 18.9 Å². The molecule has 174 valence electrons. The van der Waals surface area contributed by atoms with E-state index >= 15 is 0 Å². The average molecular weight is 445 g/mol. The van der Waals surface area contributed by atoms with Crippen molar-refractivity contribution >= 4 is 23.0 Å². The summed E-state index contributed by atoms with van der Waals surface area (Å²) < 4.78 is 27.4. The summed E-state index contributed by atoms with van der Waals surface area (Å²) in [4.78, 5) is 26.8. The van der Waals surface area contributed by atoms with E-state index < -0.39 is 5.60 Å². The summed E-state index contributed by atoms with van der Waals surface area (Å²) in [5.41, 5.74) is 1.80. The Balaban J connectivity index is 1.64. The SMILES string of the molecule is CCOC(=O)c1cc2cc(F)cc(C3CCN(C(=O)OC(C)(C)C)CC3)c2n1CC1CC1. The molecule has 1 aliphatic carbocycles. The maximum absolute atomic E-state index is 14.6. The van der Waals surface area contributed by atoms with Crippen LogP contribution in [0.4, 0.5) is 9.18 Å². The molecule has 0 bridgehead atoms. The van der Waals surface area contributed by atoms with Crippen LogP contribution in [0.1, 0.15) is 75.3 Å². The third kappa shape index (κ3) is 4.92. The summed E-state index contributed by atoms with van der Waals surface area (Å²) in [6.45, 7) is 9.52. The van der Waals surface area contributed by atoms with E-state index in [1.165, 1.54) is 6.07 Å². The fraction of sp³-hybridized carbons (Fsp3) is 0.600. The highest BCUT2D eigenvalue weighted by Gasteiger charge is 2.31. The number of hydrogen-bond donors (Lipinski definition) is 0. The standard InChI is InChI=1S/C25H33FN2O4/c1-5-31-23(29)21-13-18-12-19(26)14-20(22(18)28(21)15-16-6-7-16)17-8-10-27(11-9-17)24(30)32-25(2,3)4/h12-14,16-17H,5-11,15H2,1-4H3. The third-order valence-electron chi connectivity index (χ3n) is 6.20. The zero-order valence-corrected chi connectivity index (χ0v) is 19.4. The molecule has 0 atom stereocenters. The van der Waals surface area contributed by atoms with Gasteiger partial charge in [-0.15, -0.1) is 0 Å². The number of carbonyl (C=O) groups excluding carboxylic acids is 2. The number of amides is 1. The van der Waals surface area contributed by atoms with Gasteiger partial charge in [-0.05, 0) is 89.0 Å². The second-order valence-electron chi connectivity index (χ2n) is 9.98. The first-order valence-corrected chi connectivity index (χ1v) is 11.6. The Morgan fingerprint density at radius 2 is 1.78 bits per heavy atom. The number of halogens is 1. The van der Waals surface area contributed by atoms with Crippen LogP contribution in [0.15, 0.2) is 18.2 Å². The molecule has 1 saturated carbocycles. The second kappa shape index (κ2) is 8.75. The molecule has 7 heteroatoms. The Morgan fingerprint density at radius 3 is 2.38 bits per heavy atom. The summed E-state index contributed by atoms with van der Waals surface area (Å²) in [5.74, 6) is -0.0167. The molecular formula is C25H33FN2O4. The Labute approximate surface area is 188 Å². The second-order valence-corrected chi connectivity index (χ2v) is 9.98. The summed E-state index contributed by atoms with van der Waals surface area (Å²) >= 11 is 0. The molecule has 2 fully saturated rings. The minimum atomic E-state index is -0.532. The molecule has 2 aliphatic rings. The van der Waals surface area contributed by atoms with Gasteiger partial charge in [0.1, 0.15) is 17.1 Å². The summed E-state index contributed by atoms with van der Waals surface area (Å²) in [6.07, 6.45) is 3.43. The number of aromatic nitrogens is 1. The summed E-state index contributed by atoms with van der Waals surface area (Å²) in [7, 11) is 0. The lowest BCUT2D eigenvalue weighted by atomic mass is 9.88. The molecule has 1 aromatic heterocycles. The van der Waals surface area contributed by atoms with Gasteiger partial charge in [0.05, 0.1) is 12.1 Å². The van der Waals surface area contributed by atoms with Crippen LogP contribution in [0.25, 0.3) is 10.9 Å². The van der Waals surface area contributed by atoms with E-state index in [9.17, 15) is 14.0 Å². The van der Waals surface area contributed by atoms with Crippen LogP contribution in [0, 0.1) is 11.7 Å². The molecule has 0 radical (unpaired) electrons. The number of fused-ring (bicyclic) bond motifs is 1. The minimum absolute atomic E-state index is 0.106. The van der Waals surface area contributed by atoms with Crippen molar-refractivity contribution < 1.29 is 23.5 Å². The van der Waals surface area contributed by atoms with E-state index in [-0.39, 0.29) is 23.8 Å². The maximum atomic E-state index is 14.6. The molecule has 2 heterocycles. The van der Waals surface area contributed by atoms with E-state index in [1.807, 2.05) is 25.3 Å². The first-order valence-electron chi connectivity index (χ1n) is 11.6. The van der Waals surface area contributed by atoms with Gasteiger partial charge >= 0.3 is 12.1 Å². The van der Waals surface area contributed by atoms with Crippen molar-refractivity contribution in [3.05, 3.63) is 35.3 Å². The van der Waals surface area contributed by atoms with E-state index in [4.69, 9.17) is 9.47 Å². The largest absolute Gasteiger partial charge is 0.461 e. The van der Waals surface area contributed by atoms with Crippen molar-refractivity contribution in [3.8, 4) is 0 Å². The molecule has 1 aromatic carbocycles. The molecule has 6 nitrogen and oxygen atoms in total. The number of carbonyl (C=O) groups is 2. The van der Waals surface area contributed by atoms with Gasteiger partial charge in [-0.25, -0.2) is 14.0 Å². The summed E-state index contributed by atoms with van der Waals surface area (Å²) in [6, 6.07) is 4.87. The van der Waals surface area contributed by atoms with Crippen LogP contribution in [0.5, 0.6) is 0 Å². The molecule has 32 heavy (non-hydrogen) atoms. The van der Waals surface area contributed by atoms with E-state index in [1.54, 1.807) is 24.0 Å². The predicted octanol–water partition coefficient (Wildman–Crippen LogP) is 5.48. The van der Waals surface area contributed by atoms with E-state index in [0.717, 1.165) is 48.7 Å². The molecule has 4 rings (SSSR count). The average Bonchev–Trinajstić information content (AvgIpc) is 3.46. The van der Waals surface area contributed by atoms with Crippen LogP contribution in [0.2, 0.25) is 0 Å². The zero-order chi connectivity index (χ0) is 23.0. The number of likely N-dealkylation sites (tertiary alicyclic amines) is 1. The number of ether oxygens (including phenoxy) is 2. The van der Waals surface area contributed by atoms with Gasteiger partial charge in [0.15, 0.2) is 0 Å². The van der Waals surface area contributed by atoms with Crippen molar-refractivity contribution in [1.82, 2.24) is 9.47 Å². The third-order valence-corrected chi connectivity index (χ3v) is 6.20. The number of hydrogen-bond acceptors (Lipinski definition) is 4. The van der Waals surface area contributed by atoms with Gasteiger partial charge in [0.25, 0.3) is 0 Å². The number of piperidine rings is 1. The van der Waals surface area contributed by atoms with Gasteiger partial charge in [0, 0.05) is 25.0 Å². The van der Waals surface area contributed by atoms with Crippen LogP contribution < -0.4 is 0 Å². The molecular weight excluding hydrogens is 411 g/mol. The number of benzene rings is 1. The van der Waals surface area contributed by atoms with Crippen molar-refractivity contribution in [3.63, 3.8) is 0 Å². The Morgan fingerprint density at radius 1 is 1.09 bits per heavy atom. The molecule has 1 aliphatic heterocycles. The monoisotopic (exact) mass is 444 g/mol. The highest BCUT2D eigenvalue weighted by atomic mass is 19.1. The van der Waals surface area contributed by atoms with Crippen LogP contribution >= 0.6 is 0 Å². The zero-order valence-electron chi connectivity index (χ0n) is 19.4. The van der Waals surface area contributed by atoms with Crippen LogP contribution in [-0.4, -0.2) is 46.8 Å². The fourth-order valence-corrected chi connectivity index (χ4v) is 4.54. The lowest BCUT2D eigenvalue weighted by Crippen LogP contribution is -2.41. The first-order chi connectivity index (χ1) is 15.2. The highest BCUT2D eigenvalue weighted by molar-refractivity contribution is 5.97. The molecule has 1 amide bonds. The maximum Gasteiger partial charge on any atom is 0.410 e. The smallest absolute Gasteiger partial charge is 0.410 e.